The van der Waals surface area contributed by atoms with E-state index in [2.05, 4.69) is 0 Å². The molecule has 0 amide bonds. The largest absolute Gasteiger partial charge is 0.389 e. The molecule has 104 valence electrons. The molecule has 0 aliphatic carbocycles. The highest BCUT2D eigenvalue weighted by Crippen LogP contribution is 2.38. The van der Waals surface area contributed by atoms with Gasteiger partial charge in [0.2, 0.25) is 0 Å². The van der Waals surface area contributed by atoms with Crippen molar-refractivity contribution in [3.63, 3.8) is 0 Å². The number of benzene rings is 2. The molecule has 20 heavy (non-hydrogen) atoms. The third-order valence-corrected chi connectivity index (χ3v) is 4.29. The van der Waals surface area contributed by atoms with Crippen molar-refractivity contribution >= 4 is 29.1 Å². The number of nitro groups is 1. The molecule has 0 saturated carbocycles. The van der Waals surface area contributed by atoms with Gasteiger partial charge in [0.15, 0.2) is 0 Å². The lowest BCUT2D eigenvalue weighted by Gasteiger charge is -2.09. The number of para-hydroxylation sites is 1. The predicted molar refractivity (Wildman–Crippen MR) is 79.3 cm³/mol. The first-order chi connectivity index (χ1) is 9.49. The average Bonchev–Trinajstić information content (AvgIpc) is 2.41. The molecule has 0 aliphatic heterocycles. The van der Waals surface area contributed by atoms with Gasteiger partial charge in [-0.2, -0.15) is 0 Å². The Hall–Kier alpha value is -1.56. The van der Waals surface area contributed by atoms with E-state index in [0.717, 1.165) is 0 Å². The van der Waals surface area contributed by atoms with Gasteiger partial charge in [0.05, 0.1) is 20.9 Å². The second-order valence-electron chi connectivity index (χ2n) is 4.19. The number of hydrogen-bond donors (Lipinski definition) is 1. The zero-order valence-corrected chi connectivity index (χ0v) is 12.2. The van der Waals surface area contributed by atoms with Crippen LogP contribution < -0.4 is 0 Å². The van der Waals surface area contributed by atoms with E-state index >= 15 is 0 Å². The number of halogens is 1. The van der Waals surface area contributed by atoms with E-state index in [0.29, 0.717) is 20.4 Å². The van der Waals surface area contributed by atoms with E-state index < -0.39 is 11.0 Å². The maximum Gasteiger partial charge on any atom is 0.283 e. The molecule has 2 aromatic carbocycles. The van der Waals surface area contributed by atoms with E-state index in [-0.39, 0.29) is 5.69 Å². The minimum absolute atomic E-state index is 0.0492. The Bertz CT molecular complexity index is 646. The molecular weight excluding hydrogens is 298 g/mol. The molecule has 1 N–H and O–H groups in total. The molecule has 0 aliphatic rings. The van der Waals surface area contributed by atoms with Crippen LogP contribution in [-0.4, -0.2) is 10.0 Å². The first kappa shape index (κ1) is 14.8. The summed E-state index contributed by atoms with van der Waals surface area (Å²) in [7, 11) is 0. The minimum Gasteiger partial charge on any atom is -0.389 e. The topological polar surface area (TPSA) is 63.4 Å². The van der Waals surface area contributed by atoms with Crippen LogP contribution in [0.1, 0.15) is 18.6 Å². The van der Waals surface area contributed by atoms with Gasteiger partial charge in [-0.1, -0.05) is 41.6 Å². The van der Waals surface area contributed by atoms with Crippen molar-refractivity contribution in [2.75, 3.05) is 0 Å². The van der Waals surface area contributed by atoms with Crippen LogP contribution in [0, 0.1) is 10.1 Å². The summed E-state index contributed by atoms with van der Waals surface area (Å²) in [6, 6.07) is 11.7. The highest BCUT2D eigenvalue weighted by Gasteiger charge is 2.15. The number of aliphatic hydroxyl groups excluding tert-OH is 1. The summed E-state index contributed by atoms with van der Waals surface area (Å²) in [6.07, 6.45) is -0.599. The molecule has 0 bridgehead atoms. The first-order valence-corrected chi connectivity index (χ1v) is 7.07. The second kappa shape index (κ2) is 6.26. The quantitative estimate of drug-likeness (QED) is 0.669. The molecule has 1 atom stereocenters. The van der Waals surface area contributed by atoms with Crippen LogP contribution in [-0.2, 0) is 0 Å². The maximum absolute atomic E-state index is 11.0. The Morgan fingerprint density at radius 1 is 1.25 bits per heavy atom. The lowest BCUT2D eigenvalue weighted by Crippen LogP contribution is -1.92. The van der Waals surface area contributed by atoms with Crippen molar-refractivity contribution < 1.29 is 10.0 Å². The van der Waals surface area contributed by atoms with E-state index in [1.807, 2.05) is 0 Å². The monoisotopic (exact) mass is 309 g/mol. The number of hydrogen-bond acceptors (Lipinski definition) is 4. The Kier molecular flexibility index (Phi) is 4.65. The second-order valence-corrected chi connectivity index (χ2v) is 5.68. The average molecular weight is 310 g/mol. The van der Waals surface area contributed by atoms with Gasteiger partial charge in [0.25, 0.3) is 5.69 Å². The number of aliphatic hydroxyl groups is 1. The number of nitrogens with zero attached hydrogens (tertiary/aromatic N) is 1. The first-order valence-electron chi connectivity index (χ1n) is 5.88. The van der Waals surface area contributed by atoms with Gasteiger partial charge in [-0.15, -0.1) is 0 Å². The summed E-state index contributed by atoms with van der Waals surface area (Å²) < 4.78 is 0. The SMILES string of the molecule is CC(O)c1ccc(Sc2ccccc2[N+](=O)[O-])c(Cl)c1. The molecule has 0 saturated heterocycles. The Morgan fingerprint density at radius 3 is 2.55 bits per heavy atom. The normalized spacial score (nSPS) is 12.2. The van der Waals surface area contributed by atoms with E-state index in [1.165, 1.54) is 17.8 Å². The summed E-state index contributed by atoms with van der Waals surface area (Å²) in [4.78, 5) is 11.8. The van der Waals surface area contributed by atoms with Crippen molar-refractivity contribution in [2.45, 2.75) is 22.8 Å². The van der Waals surface area contributed by atoms with Gasteiger partial charge in [0.1, 0.15) is 0 Å². The standard InChI is InChI=1S/C14H12ClNO3S/c1-9(17)10-6-7-13(11(15)8-10)20-14-5-3-2-4-12(14)16(18)19/h2-9,17H,1H3. The van der Waals surface area contributed by atoms with Crippen molar-refractivity contribution in [1.82, 2.24) is 0 Å². The summed E-state index contributed by atoms with van der Waals surface area (Å²) in [5, 5.41) is 20.9. The number of nitro benzene ring substituents is 1. The lowest BCUT2D eigenvalue weighted by molar-refractivity contribution is -0.387. The van der Waals surface area contributed by atoms with Crippen LogP contribution in [0.4, 0.5) is 5.69 Å². The summed E-state index contributed by atoms with van der Waals surface area (Å²) >= 11 is 7.39. The van der Waals surface area contributed by atoms with Gasteiger partial charge < -0.3 is 5.11 Å². The van der Waals surface area contributed by atoms with E-state index in [1.54, 1.807) is 43.3 Å². The van der Waals surface area contributed by atoms with Crippen LogP contribution in [0.15, 0.2) is 52.3 Å². The molecular formula is C14H12ClNO3S. The molecule has 2 aromatic rings. The van der Waals surface area contributed by atoms with Crippen molar-refractivity contribution in [3.05, 3.63) is 63.2 Å². The Labute approximate surface area is 125 Å². The number of rotatable bonds is 4. The minimum atomic E-state index is -0.599. The highest BCUT2D eigenvalue weighted by molar-refractivity contribution is 7.99. The van der Waals surface area contributed by atoms with Crippen LogP contribution in [0.25, 0.3) is 0 Å². The molecule has 2 rings (SSSR count). The van der Waals surface area contributed by atoms with Crippen LogP contribution in [0.3, 0.4) is 0 Å². The van der Waals surface area contributed by atoms with Gasteiger partial charge in [-0.05, 0) is 30.7 Å². The molecule has 1 unspecified atom stereocenters. The molecule has 0 heterocycles. The highest BCUT2D eigenvalue weighted by atomic mass is 35.5. The van der Waals surface area contributed by atoms with Crippen molar-refractivity contribution in [3.8, 4) is 0 Å². The van der Waals surface area contributed by atoms with Gasteiger partial charge in [-0.3, -0.25) is 10.1 Å². The zero-order valence-electron chi connectivity index (χ0n) is 10.6. The molecule has 0 radical (unpaired) electrons. The molecule has 6 heteroatoms. The third-order valence-electron chi connectivity index (χ3n) is 2.72. The smallest absolute Gasteiger partial charge is 0.283 e. The Balaban J connectivity index is 2.33. The van der Waals surface area contributed by atoms with Gasteiger partial charge in [-0.25, -0.2) is 0 Å². The van der Waals surface area contributed by atoms with Gasteiger partial charge in [0, 0.05) is 11.0 Å². The Morgan fingerprint density at radius 2 is 1.95 bits per heavy atom. The summed E-state index contributed by atoms with van der Waals surface area (Å²) in [5.74, 6) is 0. The predicted octanol–water partition coefficient (Wildman–Crippen LogP) is 4.45. The summed E-state index contributed by atoms with van der Waals surface area (Å²) in [6.45, 7) is 1.65. The summed E-state index contributed by atoms with van der Waals surface area (Å²) in [5.41, 5.74) is 0.759. The molecule has 4 nitrogen and oxygen atoms in total. The van der Waals surface area contributed by atoms with Crippen LogP contribution in [0.5, 0.6) is 0 Å². The fourth-order valence-electron chi connectivity index (χ4n) is 1.67. The molecule has 0 spiro atoms. The van der Waals surface area contributed by atoms with E-state index in [4.69, 9.17) is 11.6 Å². The van der Waals surface area contributed by atoms with E-state index in [9.17, 15) is 15.2 Å². The fourth-order valence-corrected chi connectivity index (χ4v) is 2.90. The van der Waals surface area contributed by atoms with Crippen LogP contribution >= 0.6 is 23.4 Å². The van der Waals surface area contributed by atoms with Crippen molar-refractivity contribution in [2.24, 2.45) is 0 Å². The molecule has 0 fully saturated rings. The van der Waals surface area contributed by atoms with Crippen molar-refractivity contribution in [1.29, 1.82) is 0 Å². The third kappa shape index (κ3) is 3.30. The molecule has 0 aromatic heterocycles. The van der Waals surface area contributed by atoms with Crippen LogP contribution in [0.2, 0.25) is 5.02 Å². The van der Waals surface area contributed by atoms with Gasteiger partial charge >= 0.3 is 0 Å². The lowest BCUT2D eigenvalue weighted by atomic mass is 10.1. The zero-order chi connectivity index (χ0) is 14.7. The maximum atomic E-state index is 11.0. The fraction of sp³-hybridized carbons (Fsp3) is 0.143.